The van der Waals surface area contributed by atoms with E-state index in [2.05, 4.69) is 53.8 Å². The Labute approximate surface area is 380 Å². The minimum absolute atomic E-state index is 0.00507. The van der Waals surface area contributed by atoms with Crippen LogP contribution in [0.5, 0.6) is 0 Å². The molecule has 66 heavy (non-hydrogen) atoms. The van der Waals surface area contributed by atoms with Crippen molar-refractivity contribution < 1.29 is 26.9 Å². The fourth-order valence-electron chi connectivity index (χ4n) is 10.4. The number of hydrogen-bond donors (Lipinski definition) is 2. The van der Waals surface area contributed by atoms with Crippen LogP contribution >= 0.6 is 0 Å². The van der Waals surface area contributed by atoms with Crippen LogP contribution in [0, 0.1) is 25.6 Å². The molecule has 1 saturated heterocycles. The topological polar surface area (TPSA) is 184 Å². The largest absolute Gasteiger partial charge is 0.438 e. The summed E-state index contributed by atoms with van der Waals surface area (Å²) in [6.07, 6.45) is 7.11. The van der Waals surface area contributed by atoms with Gasteiger partial charge in [-0.3, -0.25) is 23.4 Å². The Morgan fingerprint density at radius 2 is 1.68 bits per heavy atom. The molecule has 1 saturated carbocycles. The zero-order valence-corrected chi connectivity index (χ0v) is 38.7. The number of amides is 1. The second-order valence-electron chi connectivity index (χ2n) is 18.9. The van der Waals surface area contributed by atoms with Gasteiger partial charge in [0.25, 0.3) is 5.91 Å². The number of carbonyl (C=O) groups is 1. The number of nitrogens with zero attached hydrogens (tertiary/aromatic N) is 7. The maximum Gasteiger partial charge on any atom is 0.438 e. The van der Waals surface area contributed by atoms with Crippen molar-refractivity contribution in [3.63, 3.8) is 0 Å². The molecule has 7 aromatic rings. The molecule has 1 amide bonds. The maximum atomic E-state index is 15.5. The van der Waals surface area contributed by atoms with Crippen LogP contribution in [0.1, 0.15) is 109 Å². The second-order valence-corrected chi connectivity index (χ2v) is 20.8. The number of nitrogens with one attached hydrogen (secondary N) is 2. The number of imidazole rings is 1. The summed E-state index contributed by atoms with van der Waals surface area (Å²) in [5.74, 6) is -0.211. The van der Waals surface area contributed by atoms with Gasteiger partial charge < -0.3 is 14.2 Å². The third-order valence-corrected chi connectivity index (χ3v) is 14.5. The quantitative estimate of drug-likeness (QED) is 0.155. The minimum atomic E-state index is -3.40. The van der Waals surface area contributed by atoms with Gasteiger partial charge in [-0.25, -0.2) is 31.8 Å². The smallest absolute Gasteiger partial charge is 0.376 e. The molecule has 16 nitrogen and oxygen atoms in total. The molecule has 0 unspecified atom stereocenters. The van der Waals surface area contributed by atoms with Crippen molar-refractivity contribution in [2.75, 3.05) is 19.4 Å². The Morgan fingerprint density at radius 3 is 2.33 bits per heavy atom. The molecule has 6 heterocycles. The normalized spacial score (nSPS) is 21.6. The molecule has 10 rings (SSSR count). The Bertz CT molecular complexity index is 3300. The predicted octanol–water partition coefficient (Wildman–Crippen LogP) is 6.47. The highest BCUT2D eigenvalue weighted by Crippen LogP contribution is 2.56. The molecular weight excluding hydrogens is 866 g/mol. The molecule has 4 aromatic heterocycles. The zero-order chi connectivity index (χ0) is 46.6. The number of aryl methyl sites for hydroxylation is 2. The molecule has 2 N–H and O–H groups in total. The van der Waals surface area contributed by atoms with Gasteiger partial charge in [-0.1, -0.05) is 30.3 Å². The average molecular weight is 918 g/mol. The van der Waals surface area contributed by atoms with Gasteiger partial charge in [0, 0.05) is 55.0 Å². The molecule has 2 aliphatic heterocycles. The number of carbonyl (C=O) groups excluding carboxylic acids is 1. The van der Waals surface area contributed by atoms with E-state index in [1.54, 1.807) is 67.3 Å². The van der Waals surface area contributed by atoms with Gasteiger partial charge in [0.1, 0.15) is 22.9 Å². The van der Waals surface area contributed by atoms with Crippen LogP contribution in [0.15, 0.2) is 87.2 Å². The van der Waals surface area contributed by atoms with Gasteiger partial charge in [-0.2, -0.15) is 5.10 Å². The number of ether oxygens (including phenoxy) is 1. The Kier molecular flexibility index (Phi) is 10.3. The van der Waals surface area contributed by atoms with E-state index in [1.165, 1.54) is 14.7 Å². The predicted molar refractivity (Wildman–Crippen MR) is 245 cm³/mol. The number of aromatic amines is 1. The zero-order valence-electron chi connectivity index (χ0n) is 37.9. The maximum absolute atomic E-state index is 15.5. The van der Waals surface area contributed by atoms with Crippen LogP contribution in [0.2, 0.25) is 0 Å². The van der Waals surface area contributed by atoms with E-state index < -0.39 is 33.0 Å². The lowest BCUT2D eigenvalue weighted by Crippen LogP contribution is -2.41. The summed E-state index contributed by atoms with van der Waals surface area (Å²) in [4.78, 5) is 47.2. The van der Waals surface area contributed by atoms with Gasteiger partial charge in [-0.15, -0.1) is 0 Å². The van der Waals surface area contributed by atoms with Gasteiger partial charge in [0.15, 0.2) is 5.82 Å². The molecule has 3 aliphatic rings. The van der Waals surface area contributed by atoms with Gasteiger partial charge >= 0.3 is 11.4 Å². The number of halogens is 1. The molecular formula is C48H52FN9O7S. The number of fused-ring (bicyclic) bond motifs is 2. The highest BCUT2D eigenvalue weighted by Gasteiger charge is 2.59. The minimum Gasteiger partial charge on any atom is -0.376 e. The van der Waals surface area contributed by atoms with E-state index in [1.807, 2.05) is 22.5 Å². The molecule has 3 aromatic carbocycles. The molecule has 344 valence electrons. The van der Waals surface area contributed by atoms with Gasteiger partial charge in [0.2, 0.25) is 10.0 Å². The number of H-pyrrole nitrogens is 1. The Hall–Kier alpha value is -6.37. The summed E-state index contributed by atoms with van der Waals surface area (Å²) in [7, 11) is -3.40. The molecule has 0 bridgehead atoms. The van der Waals surface area contributed by atoms with Crippen LogP contribution in [0.4, 0.5) is 4.39 Å². The number of rotatable bonds is 10. The van der Waals surface area contributed by atoms with E-state index in [9.17, 15) is 18.0 Å². The van der Waals surface area contributed by atoms with Crippen molar-refractivity contribution in [1.29, 1.82) is 0 Å². The summed E-state index contributed by atoms with van der Waals surface area (Å²) < 4.78 is 58.8. The number of hydrogen-bond acceptors (Lipinski definition) is 9. The van der Waals surface area contributed by atoms with Crippen molar-refractivity contribution in [3.8, 4) is 17.2 Å². The molecule has 18 heteroatoms. The lowest BCUT2D eigenvalue weighted by atomic mass is 9.83. The monoisotopic (exact) mass is 917 g/mol. The average Bonchev–Trinajstić information content (AvgIpc) is 3.76. The van der Waals surface area contributed by atoms with E-state index in [4.69, 9.17) is 14.4 Å². The highest BCUT2D eigenvalue weighted by molar-refractivity contribution is 7.88. The van der Waals surface area contributed by atoms with Crippen molar-refractivity contribution >= 4 is 26.8 Å². The second kappa shape index (κ2) is 15.6. The molecule has 4 atom stereocenters. The van der Waals surface area contributed by atoms with Crippen LogP contribution in [0.3, 0.4) is 0 Å². The van der Waals surface area contributed by atoms with Crippen LogP contribution in [-0.4, -0.2) is 77.9 Å². The first-order valence-corrected chi connectivity index (χ1v) is 24.1. The van der Waals surface area contributed by atoms with Gasteiger partial charge in [-0.05, 0) is 130 Å². The van der Waals surface area contributed by atoms with Crippen molar-refractivity contribution in [2.24, 2.45) is 5.92 Å². The fraction of sp³-hybridized carbons (Fsp3) is 0.396. The number of benzene rings is 3. The standard InChI is InChI=1S/C48H52FN9O7S/c1-27-20-36(21-28(2)41(27)49)58-42(56-18-17-55(46(56)61)35-11-8-31(9-12-35)26-50-66(7,62)63)40-30(4)54(16-14-37(40)52-58)43(59)39-23-34-22-32(33-15-19-64-47(5,6)25-33)10-13-38(34)57(39)48(24-29(48)3)44-51-45(60)65-53-44/h8-13,17-18,20-23,29-30,33,50H,14-16,19,24-26H2,1-7H3,(H,51,53,60)/t29-,30-,33-,48-/m0/s1. The SMILES string of the molecule is Cc1cc(-n2nc3c(c2-n2ccn(-c4ccc(CNS(C)(=O)=O)cc4)c2=O)[C@H](C)N(C(=O)c2cc4cc([C@H]5CCOC(C)(C)C5)ccc4n2[C@@]2(c4noc(=O)[nH]4)C[C@@H]2C)CC3)cc(C)c1F. The molecule has 0 radical (unpaired) electrons. The third-order valence-electron chi connectivity index (χ3n) is 13.9. The number of aromatic nitrogens is 7. The molecule has 1 aliphatic carbocycles. The third kappa shape index (κ3) is 7.34. The Balaban J connectivity index is 1.09. The molecule has 2 fully saturated rings. The number of sulfonamides is 1. The van der Waals surface area contributed by atoms with Crippen LogP contribution < -0.4 is 16.2 Å². The Morgan fingerprint density at radius 1 is 0.970 bits per heavy atom. The summed E-state index contributed by atoms with van der Waals surface area (Å²) in [6.45, 7) is 12.7. The summed E-state index contributed by atoms with van der Waals surface area (Å²) >= 11 is 0. The van der Waals surface area contributed by atoms with Crippen LogP contribution in [-0.2, 0) is 33.3 Å². The van der Waals surface area contributed by atoms with Crippen LogP contribution in [0.25, 0.3) is 28.1 Å². The van der Waals surface area contributed by atoms with Crippen molar-refractivity contribution in [2.45, 2.75) is 96.9 Å². The van der Waals surface area contributed by atoms with E-state index in [0.717, 1.165) is 30.0 Å². The van der Waals surface area contributed by atoms with Gasteiger partial charge in [0.05, 0.1) is 35.0 Å². The summed E-state index contributed by atoms with van der Waals surface area (Å²) in [6, 6.07) is 18.1. The highest BCUT2D eigenvalue weighted by atomic mass is 32.2. The first-order valence-electron chi connectivity index (χ1n) is 22.2. The first kappa shape index (κ1) is 43.5. The van der Waals surface area contributed by atoms with E-state index in [0.29, 0.717) is 82.7 Å². The first-order chi connectivity index (χ1) is 31.3. The van der Waals surface area contributed by atoms with E-state index >= 15 is 9.18 Å². The summed E-state index contributed by atoms with van der Waals surface area (Å²) in [5.41, 5.74) is 4.90. The van der Waals surface area contributed by atoms with Crippen molar-refractivity contribution in [1.82, 2.24) is 43.2 Å². The summed E-state index contributed by atoms with van der Waals surface area (Å²) in [5, 5.41) is 10.1. The lowest BCUT2D eigenvalue weighted by Gasteiger charge is -2.35. The molecule has 0 spiro atoms. The van der Waals surface area contributed by atoms with Crippen molar-refractivity contribution in [3.05, 3.63) is 145 Å². The fourth-order valence-corrected chi connectivity index (χ4v) is 10.9. The van der Waals surface area contributed by atoms with E-state index in [-0.39, 0.29) is 35.7 Å². The lowest BCUT2D eigenvalue weighted by molar-refractivity contribution is -0.0592.